The molecule has 0 aromatic carbocycles. The zero-order valence-electron chi connectivity index (χ0n) is 10.6. The first-order valence-corrected chi connectivity index (χ1v) is 6.83. The fraction of sp³-hybridized carbons (Fsp3) is 0.583. The molecule has 1 unspecified atom stereocenters. The predicted octanol–water partition coefficient (Wildman–Crippen LogP) is 2.00. The van der Waals surface area contributed by atoms with Crippen molar-refractivity contribution in [1.82, 2.24) is 14.8 Å². The average Bonchev–Trinajstić information content (AvgIpc) is 3.14. The van der Waals surface area contributed by atoms with E-state index >= 15 is 0 Å². The maximum absolute atomic E-state index is 11.4. The lowest BCUT2D eigenvalue weighted by Crippen LogP contribution is -2.16. The molecule has 18 heavy (non-hydrogen) atoms. The number of allylic oxidation sites excluding steroid dienone is 1. The Balaban J connectivity index is 2.16. The highest BCUT2D eigenvalue weighted by atomic mass is 32.2. The summed E-state index contributed by atoms with van der Waals surface area (Å²) in [5, 5.41) is 8.88. The van der Waals surface area contributed by atoms with Crippen LogP contribution in [0.3, 0.4) is 0 Å². The molecule has 1 aromatic rings. The summed E-state index contributed by atoms with van der Waals surface area (Å²) in [5.41, 5.74) is 0. The Labute approximate surface area is 111 Å². The van der Waals surface area contributed by atoms with Crippen LogP contribution in [0.4, 0.5) is 0 Å². The zero-order chi connectivity index (χ0) is 13.1. The molecule has 0 saturated heterocycles. The normalized spacial score (nSPS) is 16.3. The molecule has 5 nitrogen and oxygen atoms in total. The van der Waals surface area contributed by atoms with Crippen LogP contribution in [0, 0.1) is 0 Å². The lowest BCUT2D eigenvalue weighted by Gasteiger charge is -2.10. The van der Waals surface area contributed by atoms with Crippen LogP contribution in [0.5, 0.6) is 0 Å². The molecule has 1 aliphatic carbocycles. The molecule has 0 amide bonds. The first kappa shape index (κ1) is 13.1. The van der Waals surface area contributed by atoms with E-state index in [9.17, 15) is 4.79 Å². The SMILES string of the molecule is C=CCn1c(SC(C)C(=O)OC)nnc1C1CC1. The van der Waals surface area contributed by atoms with Gasteiger partial charge in [0.2, 0.25) is 0 Å². The highest BCUT2D eigenvalue weighted by Gasteiger charge is 2.30. The maximum atomic E-state index is 11.4. The molecular formula is C12H17N3O2S. The van der Waals surface area contributed by atoms with Crippen molar-refractivity contribution < 1.29 is 9.53 Å². The van der Waals surface area contributed by atoms with E-state index in [0.29, 0.717) is 12.5 Å². The van der Waals surface area contributed by atoms with Crippen molar-refractivity contribution in [2.24, 2.45) is 0 Å². The van der Waals surface area contributed by atoms with Crippen LogP contribution in [0.25, 0.3) is 0 Å². The molecule has 0 bridgehead atoms. The van der Waals surface area contributed by atoms with Gasteiger partial charge in [0.05, 0.1) is 7.11 Å². The summed E-state index contributed by atoms with van der Waals surface area (Å²) < 4.78 is 6.75. The standard InChI is InChI=1S/C12H17N3O2S/c1-4-7-15-10(9-5-6-9)13-14-12(15)18-8(2)11(16)17-3/h4,8-9H,1,5-7H2,2-3H3. The number of hydrogen-bond acceptors (Lipinski definition) is 5. The number of carbonyl (C=O) groups excluding carboxylic acids is 1. The topological polar surface area (TPSA) is 57.0 Å². The molecular weight excluding hydrogens is 250 g/mol. The zero-order valence-corrected chi connectivity index (χ0v) is 11.4. The Bertz CT molecular complexity index is 454. The summed E-state index contributed by atoms with van der Waals surface area (Å²) in [4.78, 5) is 11.4. The van der Waals surface area contributed by atoms with Crippen LogP contribution in [-0.2, 0) is 16.1 Å². The molecule has 1 saturated carbocycles. The van der Waals surface area contributed by atoms with Crippen LogP contribution in [-0.4, -0.2) is 33.1 Å². The second-order valence-electron chi connectivity index (χ2n) is 4.30. The second-order valence-corrected chi connectivity index (χ2v) is 5.61. The summed E-state index contributed by atoms with van der Waals surface area (Å²) in [6.07, 6.45) is 4.17. The van der Waals surface area contributed by atoms with Crippen molar-refractivity contribution >= 4 is 17.7 Å². The Morgan fingerprint density at radius 2 is 2.39 bits per heavy atom. The minimum Gasteiger partial charge on any atom is -0.468 e. The van der Waals surface area contributed by atoms with Crippen molar-refractivity contribution in [3.05, 3.63) is 18.5 Å². The van der Waals surface area contributed by atoms with E-state index in [4.69, 9.17) is 4.74 Å². The van der Waals surface area contributed by atoms with Gasteiger partial charge in [-0.3, -0.25) is 4.79 Å². The van der Waals surface area contributed by atoms with Crippen molar-refractivity contribution in [3.63, 3.8) is 0 Å². The minimum atomic E-state index is -0.283. The largest absolute Gasteiger partial charge is 0.468 e. The highest BCUT2D eigenvalue weighted by Crippen LogP contribution is 2.40. The molecule has 2 rings (SSSR count). The average molecular weight is 267 g/mol. The highest BCUT2D eigenvalue weighted by molar-refractivity contribution is 8.00. The number of methoxy groups -OCH3 is 1. The summed E-state index contributed by atoms with van der Waals surface area (Å²) >= 11 is 1.38. The third-order valence-electron chi connectivity index (χ3n) is 2.81. The third kappa shape index (κ3) is 2.75. The third-order valence-corrected chi connectivity index (χ3v) is 3.87. The number of carbonyl (C=O) groups is 1. The van der Waals surface area contributed by atoms with Crippen molar-refractivity contribution in [1.29, 1.82) is 0 Å². The number of aromatic nitrogens is 3. The van der Waals surface area contributed by atoms with Crippen molar-refractivity contribution in [2.75, 3.05) is 7.11 Å². The van der Waals surface area contributed by atoms with Gasteiger partial charge in [-0.15, -0.1) is 16.8 Å². The van der Waals surface area contributed by atoms with Gasteiger partial charge in [-0.05, 0) is 19.8 Å². The molecule has 0 radical (unpaired) electrons. The first-order chi connectivity index (χ1) is 8.67. The van der Waals surface area contributed by atoms with Crippen LogP contribution >= 0.6 is 11.8 Å². The predicted molar refractivity (Wildman–Crippen MR) is 69.5 cm³/mol. The molecule has 0 N–H and O–H groups in total. The van der Waals surface area contributed by atoms with Crippen molar-refractivity contribution in [3.8, 4) is 0 Å². The summed E-state index contributed by atoms with van der Waals surface area (Å²) in [7, 11) is 1.39. The number of thioether (sulfide) groups is 1. The van der Waals surface area contributed by atoms with E-state index in [1.54, 1.807) is 6.92 Å². The van der Waals surface area contributed by atoms with Crippen LogP contribution in [0.15, 0.2) is 17.8 Å². The number of rotatable bonds is 6. The van der Waals surface area contributed by atoms with Gasteiger partial charge in [-0.25, -0.2) is 0 Å². The molecule has 6 heteroatoms. The molecule has 1 aliphatic rings. The summed E-state index contributed by atoms with van der Waals surface area (Å²) in [6, 6.07) is 0. The van der Waals surface area contributed by atoms with Crippen LogP contribution in [0.2, 0.25) is 0 Å². The Kier molecular flexibility index (Phi) is 4.06. The van der Waals surface area contributed by atoms with Gasteiger partial charge in [0.1, 0.15) is 11.1 Å². The quantitative estimate of drug-likeness (QED) is 0.448. The van der Waals surface area contributed by atoms with Crippen LogP contribution in [0.1, 0.15) is 31.5 Å². The molecule has 98 valence electrons. The van der Waals surface area contributed by atoms with E-state index in [-0.39, 0.29) is 11.2 Å². The molecule has 1 aromatic heterocycles. The smallest absolute Gasteiger partial charge is 0.318 e. The lowest BCUT2D eigenvalue weighted by atomic mass is 10.4. The number of hydrogen-bond donors (Lipinski definition) is 0. The summed E-state index contributed by atoms with van der Waals surface area (Å²) in [5.74, 6) is 1.29. The van der Waals surface area contributed by atoms with Gasteiger partial charge in [0.15, 0.2) is 5.16 Å². The van der Waals surface area contributed by atoms with E-state index in [0.717, 1.165) is 11.0 Å². The molecule has 1 fully saturated rings. The Morgan fingerprint density at radius 3 is 2.94 bits per heavy atom. The van der Waals surface area contributed by atoms with E-state index in [1.807, 2.05) is 10.6 Å². The Morgan fingerprint density at radius 1 is 1.67 bits per heavy atom. The number of ether oxygens (including phenoxy) is 1. The van der Waals surface area contributed by atoms with Gasteiger partial charge in [-0.1, -0.05) is 17.8 Å². The monoisotopic (exact) mass is 267 g/mol. The second kappa shape index (κ2) is 5.56. The molecule has 0 aliphatic heterocycles. The molecule has 0 spiro atoms. The number of nitrogens with zero attached hydrogens (tertiary/aromatic N) is 3. The van der Waals surface area contributed by atoms with Gasteiger partial charge < -0.3 is 9.30 Å². The molecule has 1 atom stereocenters. The van der Waals surface area contributed by atoms with Gasteiger partial charge in [0.25, 0.3) is 0 Å². The lowest BCUT2D eigenvalue weighted by molar-refractivity contribution is -0.139. The van der Waals surface area contributed by atoms with Gasteiger partial charge in [-0.2, -0.15) is 0 Å². The fourth-order valence-corrected chi connectivity index (χ4v) is 2.60. The van der Waals surface area contributed by atoms with E-state index in [1.165, 1.54) is 31.7 Å². The van der Waals surface area contributed by atoms with E-state index < -0.39 is 0 Å². The van der Waals surface area contributed by atoms with E-state index in [2.05, 4.69) is 16.8 Å². The molecule has 1 heterocycles. The Hall–Kier alpha value is -1.30. The first-order valence-electron chi connectivity index (χ1n) is 5.95. The minimum absolute atomic E-state index is 0.249. The maximum Gasteiger partial charge on any atom is 0.318 e. The number of esters is 1. The van der Waals surface area contributed by atoms with Gasteiger partial charge in [0, 0.05) is 12.5 Å². The van der Waals surface area contributed by atoms with Crippen molar-refractivity contribution in [2.45, 2.75) is 42.6 Å². The van der Waals surface area contributed by atoms with Gasteiger partial charge >= 0.3 is 5.97 Å². The summed E-state index contributed by atoms with van der Waals surface area (Å²) in [6.45, 7) is 6.23. The fourth-order valence-electron chi connectivity index (χ4n) is 1.70. The van der Waals surface area contributed by atoms with Crippen LogP contribution < -0.4 is 0 Å².